The molecule has 1 amide bonds. The number of hydrogen-bond donors (Lipinski definition) is 2. The molecule has 1 aliphatic heterocycles. The van der Waals surface area contributed by atoms with Crippen LogP contribution in [0.5, 0.6) is 0 Å². The third-order valence-electron chi connectivity index (χ3n) is 4.91. The third kappa shape index (κ3) is 3.63. The van der Waals surface area contributed by atoms with Crippen LogP contribution in [0.2, 0.25) is 0 Å². The minimum absolute atomic E-state index is 0.129. The van der Waals surface area contributed by atoms with Crippen molar-refractivity contribution in [1.82, 2.24) is 5.32 Å². The number of carbonyl (C=O) groups is 2. The molecule has 5 nitrogen and oxygen atoms in total. The molecule has 1 aliphatic rings. The minimum atomic E-state index is -0.916. The fraction of sp³-hybridized carbons (Fsp3) is 0.333. The summed E-state index contributed by atoms with van der Waals surface area (Å²) in [7, 11) is 0. The maximum atomic E-state index is 12.4. The highest BCUT2D eigenvalue weighted by atomic mass is 16.4. The van der Waals surface area contributed by atoms with Gasteiger partial charge in [0.15, 0.2) is 0 Å². The number of carboxylic acids is 1. The summed E-state index contributed by atoms with van der Waals surface area (Å²) in [5, 5.41) is 12.6. The zero-order valence-corrected chi connectivity index (χ0v) is 15.1. The molecule has 0 aliphatic carbocycles. The number of nitrogens with one attached hydrogen (secondary N) is 1. The molecular weight excluding hydrogens is 328 g/mol. The van der Waals surface area contributed by atoms with E-state index in [2.05, 4.69) is 18.3 Å². The quantitative estimate of drug-likeness (QED) is 0.860. The molecule has 0 saturated heterocycles. The molecule has 0 saturated carbocycles. The lowest BCUT2D eigenvalue weighted by atomic mass is 9.91. The average molecular weight is 352 g/mol. The molecule has 0 bridgehead atoms. The van der Waals surface area contributed by atoms with E-state index in [1.54, 1.807) is 12.1 Å². The summed E-state index contributed by atoms with van der Waals surface area (Å²) in [6, 6.07) is 15.2. The predicted molar refractivity (Wildman–Crippen MR) is 101 cm³/mol. The van der Waals surface area contributed by atoms with E-state index in [0.717, 1.165) is 23.2 Å². The van der Waals surface area contributed by atoms with Crippen LogP contribution in [-0.4, -0.2) is 23.0 Å². The second-order valence-electron chi connectivity index (χ2n) is 6.70. The molecule has 2 aromatic carbocycles. The van der Waals surface area contributed by atoms with Crippen molar-refractivity contribution in [2.24, 2.45) is 0 Å². The van der Waals surface area contributed by atoms with Crippen LogP contribution in [0.25, 0.3) is 0 Å². The van der Waals surface area contributed by atoms with Gasteiger partial charge in [-0.1, -0.05) is 37.3 Å². The molecule has 2 aromatic rings. The number of para-hydroxylation sites is 1. The number of fused-ring (bicyclic) bond motifs is 1. The highest BCUT2D eigenvalue weighted by molar-refractivity contribution is 5.95. The number of aromatic carboxylic acids is 1. The normalized spacial score (nSPS) is 19.1. The van der Waals surface area contributed by atoms with Crippen molar-refractivity contribution in [3.8, 4) is 0 Å². The average Bonchev–Trinajstić information content (AvgIpc) is 2.66. The topological polar surface area (TPSA) is 69.6 Å². The number of anilines is 1. The van der Waals surface area contributed by atoms with Gasteiger partial charge in [0, 0.05) is 30.7 Å². The second-order valence-corrected chi connectivity index (χ2v) is 6.70. The molecule has 0 aromatic heterocycles. The van der Waals surface area contributed by atoms with Gasteiger partial charge >= 0.3 is 5.97 Å². The Kier molecular flexibility index (Phi) is 5.38. The zero-order chi connectivity index (χ0) is 18.7. The molecule has 5 heteroatoms. The van der Waals surface area contributed by atoms with E-state index in [1.807, 2.05) is 42.2 Å². The van der Waals surface area contributed by atoms with Crippen molar-refractivity contribution in [3.05, 3.63) is 65.2 Å². The Morgan fingerprint density at radius 1 is 1.15 bits per heavy atom. The van der Waals surface area contributed by atoms with Crippen molar-refractivity contribution in [1.29, 1.82) is 0 Å². The second kappa shape index (κ2) is 7.70. The summed E-state index contributed by atoms with van der Waals surface area (Å²) in [6.45, 7) is 4.62. The van der Waals surface area contributed by atoms with Crippen LogP contribution in [0.4, 0.5) is 5.69 Å². The molecule has 0 radical (unpaired) electrons. The van der Waals surface area contributed by atoms with Crippen molar-refractivity contribution in [2.45, 2.75) is 45.3 Å². The van der Waals surface area contributed by atoms with Crippen molar-refractivity contribution < 1.29 is 14.7 Å². The number of benzene rings is 2. The van der Waals surface area contributed by atoms with Gasteiger partial charge in [-0.05, 0) is 42.7 Å². The SMILES string of the molecule is CCC(=O)N1c2ccccc2[C@H](NCc2ccc(C(=O)O)cc2)C[C@@H]1C. The van der Waals surface area contributed by atoms with E-state index in [4.69, 9.17) is 5.11 Å². The molecule has 0 unspecified atom stereocenters. The third-order valence-corrected chi connectivity index (χ3v) is 4.91. The van der Waals surface area contributed by atoms with Crippen LogP contribution in [-0.2, 0) is 11.3 Å². The zero-order valence-electron chi connectivity index (χ0n) is 15.1. The van der Waals surface area contributed by atoms with Crippen LogP contribution in [0.15, 0.2) is 48.5 Å². The molecule has 136 valence electrons. The van der Waals surface area contributed by atoms with Gasteiger partial charge in [-0.3, -0.25) is 4.79 Å². The maximum absolute atomic E-state index is 12.4. The van der Waals surface area contributed by atoms with Gasteiger partial charge in [-0.2, -0.15) is 0 Å². The van der Waals surface area contributed by atoms with E-state index in [1.165, 1.54) is 0 Å². The van der Waals surface area contributed by atoms with Gasteiger partial charge in [0.2, 0.25) is 5.91 Å². The summed E-state index contributed by atoms with van der Waals surface area (Å²) in [6.07, 6.45) is 1.34. The first-order valence-corrected chi connectivity index (χ1v) is 8.97. The molecular formula is C21H24N2O3. The lowest BCUT2D eigenvalue weighted by molar-refractivity contribution is -0.118. The number of rotatable bonds is 5. The van der Waals surface area contributed by atoms with Crippen LogP contribution < -0.4 is 10.2 Å². The highest BCUT2D eigenvalue weighted by Crippen LogP contribution is 2.37. The van der Waals surface area contributed by atoms with E-state index in [-0.39, 0.29) is 18.0 Å². The fourth-order valence-electron chi connectivity index (χ4n) is 3.56. The van der Waals surface area contributed by atoms with Crippen LogP contribution in [0, 0.1) is 0 Å². The van der Waals surface area contributed by atoms with Crippen molar-refractivity contribution in [2.75, 3.05) is 4.90 Å². The number of carbonyl (C=O) groups excluding carboxylic acids is 1. The Morgan fingerprint density at radius 2 is 1.85 bits per heavy atom. The predicted octanol–water partition coefficient (Wildman–Crippen LogP) is 3.75. The summed E-state index contributed by atoms with van der Waals surface area (Å²) in [5.74, 6) is -0.770. The Hall–Kier alpha value is -2.66. The van der Waals surface area contributed by atoms with Gasteiger partial charge in [-0.25, -0.2) is 4.79 Å². The number of nitrogens with zero attached hydrogens (tertiary/aromatic N) is 1. The summed E-state index contributed by atoms with van der Waals surface area (Å²) in [4.78, 5) is 25.2. The van der Waals surface area contributed by atoms with Crippen LogP contribution in [0.3, 0.4) is 0 Å². The number of amides is 1. The summed E-state index contributed by atoms with van der Waals surface area (Å²) >= 11 is 0. The van der Waals surface area contributed by atoms with E-state index in [9.17, 15) is 9.59 Å². The van der Waals surface area contributed by atoms with Gasteiger partial charge in [0.1, 0.15) is 0 Å². The monoisotopic (exact) mass is 352 g/mol. The first-order valence-electron chi connectivity index (χ1n) is 8.97. The molecule has 3 rings (SSSR count). The van der Waals surface area contributed by atoms with E-state index in [0.29, 0.717) is 18.5 Å². The Balaban J connectivity index is 1.78. The van der Waals surface area contributed by atoms with Crippen molar-refractivity contribution >= 4 is 17.6 Å². The lowest BCUT2D eigenvalue weighted by Gasteiger charge is -2.39. The maximum Gasteiger partial charge on any atom is 0.335 e. The Labute approximate surface area is 153 Å². The molecule has 0 spiro atoms. The van der Waals surface area contributed by atoms with Gasteiger partial charge in [0.25, 0.3) is 0 Å². The van der Waals surface area contributed by atoms with Gasteiger partial charge < -0.3 is 15.3 Å². The number of carboxylic acid groups (broad SMARTS) is 1. The van der Waals surface area contributed by atoms with Crippen molar-refractivity contribution in [3.63, 3.8) is 0 Å². The molecule has 0 fully saturated rings. The first kappa shape index (κ1) is 18.1. The highest BCUT2D eigenvalue weighted by Gasteiger charge is 2.32. The summed E-state index contributed by atoms with van der Waals surface area (Å²) in [5.41, 5.74) is 3.44. The Morgan fingerprint density at radius 3 is 2.50 bits per heavy atom. The Bertz CT molecular complexity index is 801. The van der Waals surface area contributed by atoms with E-state index < -0.39 is 5.97 Å². The van der Waals surface area contributed by atoms with Crippen LogP contribution >= 0.6 is 0 Å². The molecule has 2 atom stereocenters. The van der Waals surface area contributed by atoms with Gasteiger partial charge in [-0.15, -0.1) is 0 Å². The molecule has 1 heterocycles. The standard InChI is InChI=1S/C21H24N2O3/c1-3-20(24)23-14(2)12-18(17-6-4-5-7-19(17)23)22-13-15-8-10-16(11-9-15)21(25)26/h4-11,14,18,22H,3,12-13H2,1-2H3,(H,25,26)/t14-,18+/m0/s1. The number of hydrogen-bond acceptors (Lipinski definition) is 3. The van der Waals surface area contributed by atoms with Gasteiger partial charge in [0.05, 0.1) is 5.56 Å². The minimum Gasteiger partial charge on any atom is -0.478 e. The first-order chi connectivity index (χ1) is 12.5. The summed E-state index contributed by atoms with van der Waals surface area (Å²) < 4.78 is 0. The van der Waals surface area contributed by atoms with Crippen LogP contribution in [0.1, 0.15) is 54.2 Å². The smallest absolute Gasteiger partial charge is 0.335 e. The molecule has 26 heavy (non-hydrogen) atoms. The molecule has 2 N–H and O–H groups in total. The lowest BCUT2D eigenvalue weighted by Crippen LogP contribution is -2.45. The largest absolute Gasteiger partial charge is 0.478 e. The fourth-order valence-corrected chi connectivity index (χ4v) is 3.56. The van der Waals surface area contributed by atoms with E-state index >= 15 is 0 Å².